The Labute approximate surface area is 106 Å². The number of ketones is 1. The first-order valence-electron chi connectivity index (χ1n) is 6.59. The van der Waals surface area contributed by atoms with Crippen molar-refractivity contribution in [2.45, 2.75) is 12.8 Å². The molecule has 0 N–H and O–H groups in total. The van der Waals surface area contributed by atoms with Gasteiger partial charge < -0.3 is 9.64 Å². The molecule has 1 aliphatic carbocycles. The second-order valence-electron chi connectivity index (χ2n) is 5.20. The lowest BCUT2D eigenvalue weighted by molar-refractivity contribution is -0.113. The summed E-state index contributed by atoms with van der Waals surface area (Å²) in [5.74, 6) is 1.61. The van der Waals surface area contributed by atoms with Gasteiger partial charge >= 0.3 is 0 Å². The Bertz CT molecular complexity index is 561. The van der Waals surface area contributed by atoms with Crippen LogP contribution in [0.5, 0.6) is 5.75 Å². The lowest BCUT2D eigenvalue weighted by atomic mass is 10.0. The van der Waals surface area contributed by atoms with Gasteiger partial charge in [-0.15, -0.1) is 0 Å². The van der Waals surface area contributed by atoms with E-state index in [1.165, 1.54) is 5.70 Å². The smallest absolute Gasteiger partial charge is 0.166 e. The van der Waals surface area contributed by atoms with Crippen molar-refractivity contribution in [3.05, 3.63) is 35.5 Å². The molecule has 0 aromatic heterocycles. The van der Waals surface area contributed by atoms with E-state index in [2.05, 4.69) is 4.90 Å². The van der Waals surface area contributed by atoms with Crippen molar-refractivity contribution in [3.8, 4) is 5.75 Å². The lowest BCUT2D eigenvalue weighted by Crippen LogP contribution is -2.27. The summed E-state index contributed by atoms with van der Waals surface area (Å²) in [6, 6.07) is 7.93. The Morgan fingerprint density at radius 3 is 3.06 bits per heavy atom. The van der Waals surface area contributed by atoms with Crippen LogP contribution in [0.3, 0.4) is 0 Å². The van der Waals surface area contributed by atoms with E-state index in [0.717, 1.165) is 36.4 Å². The zero-order chi connectivity index (χ0) is 12.1. The summed E-state index contributed by atoms with van der Waals surface area (Å²) in [6.45, 7) is 2.67. The number of ether oxygens (including phenoxy) is 1. The summed E-state index contributed by atoms with van der Waals surface area (Å²) in [6.07, 6.45) is 1.81. The van der Waals surface area contributed by atoms with E-state index >= 15 is 0 Å². The van der Waals surface area contributed by atoms with E-state index in [-0.39, 0.29) is 5.78 Å². The van der Waals surface area contributed by atoms with Crippen LogP contribution in [0.15, 0.2) is 30.0 Å². The summed E-state index contributed by atoms with van der Waals surface area (Å²) in [5.41, 5.74) is 3.20. The van der Waals surface area contributed by atoms with Crippen LogP contribution in [0.1, 0.15) is 18.4 Å². The first-order valence-corrected chi connectivity index (χ1v) is 6.59. The number of carbonyl (C=O) groups excluding carboxylic acids is 1. The van der Waals surface area contributed by atoms with Crippen molar-refractivity contribution in [2.24, 2.45) is 5.92 Å². The number of Topliss-reactive ketones (excluding diaryl/α,β-unsaturated/α-hetero) is 1. The highest BCUT2D eigenvalue weighted by atomic mass is 16.5. The number of hydrogen-bond donors (Lipinski definition) is 0. The Hall–Kier alpha value is -1.77. The minimum absolute atomic E-state index is 0.289. The predicted octanol–water partition coefficient (Wildman–Crippen LogP) is 2.08. The van der Waals surface area contributed by atoms with Crippen LogP contribution in [0.2, 0.25) is 0 Å². The monoisotopic (exact) mass is 241 g/mol. The zero-order valence-corrected chi connectivity index (χ0v) is 10.2. The van der Waals surface area contributed by atoms with Gasteiger partial charge in [-0.1, -0.05) is 18.2 Å². The molecule has 1 aromatic rings. The number of benzene rings is 1. The number of allylic oxidation sites excluding steroid dienone is 2. The molecule has 1 saturated heterocycles. The molecule has 0 bridgehead atoms. The maximum atomic E-state index is 12.3. The average molecular weight is 241 g/mol. The number of carbonyl (C=O) groups is 1. The van der Waals surface area contributed by atoms with Gasteiger partial charge in [0.05, 0.1) is 6.54 Å². The molecule has 0 radical (unpaired) electrons. The third-order valence-electron chi connectivity index (χ3n) is 4.22. The van der Waals surface area contributed by atoms with Crippen LogP contribution in [-0.4, -0.2) is 30.4 Å². The third kappa shape index (κ3) is 1.27. The van der Waals surface area contributed by atoms with Gasteiger partial charge in [-0.3, -0.25) is 4.79 Å². The molecule has 1 atom stereocenters. The van der Waals surface area contributed by atoms with Crippen molar-refractivity contribution in [1.82, 2.24) is 4.90 Å². The Kier molecular flexibility index (Phi) is 2.04. The van der Waals surface area contributed by atoms with E-state index in [1.807, 2.05) is 24.3 Å². The van der Waals surface area contributed by atoms with Crippen molar-refractivity contribution in [3.63, 3.8) is 0 Å². The maximum absolute atomic E-state index is 12.3. The van der Waals surface area contributed by atoms with Crippen molar-refractivity contribution in [2.75, 3.05) is 19.7 Å². The van der Waals surface area contributed by atoms with Crippen molar-refractivity contribution in [1.29, 1.82) is 0 Å². The van der Waals surface area contributed by atoms with Gasteiger partial charge in [0, 0.05) is 35.7 Å². The fraction of sp³-hybridized carbons (Fsp3) is 0.400. The second-order valence-corrected chi connectivity index (χ2v) is 5.20. The van der Waals surface area contributed by atoms with E-state index in [9.17, 15) is 4.79 Å². The lowest BCUT2D eigenvalue weighted by Gasteiger charge is -2.25. The Morgan fingerprint density at radius 1 is 1.22 bits per heavy atom. The Morgan fingerprint density at radius 2 is 2.11 bits per heavy atom. The number of para-hydroxylation sites is 1. The molecule has 2 heterocycles. The van der Waals surface area contributed by atoms with Crippen molar-refractivity contribution < 1.29 is 9.53 Å². The van der Waals surface area contributed by atoms with Crippen LogP contribution in [0, 0.1) is 5.92 Å². The number of rotatable bonds is 0. The molecular formula is C15H15NO2. The van der Waals surface area contributed by atoms with Crippen LogP contribution in [0.25, 0.3) is 5.57 Å². The molecule has 2 aliphatic heterocycles. The highest BCUT2D eigenvalue weighted by molar-refractivity contribution is 6.24. The number of hydrogen-bond acceptors (Lipinski definition) is 3. The van der Waals surface area contributed by atoms with Crippen LogP contribution < -0.4 is 4.74 Å². The molecule has 3 nitrogen and oxygen atoms in total. The van der Waals surface area contributed by atoms with Gasteiger partial charge in [-0.05, 0) is 12.5 Å². The maximum Gasteiger partial charge on any atom is 0.166 e. The fourth-order valence-corrected chi connectivity index (χ4v) is 3.44. The molecule has 0 amide bonds. The second kappa shape index (κ2) is 3.61. The van der Waals surface area contributed by atoms with Crippen LogP contribution in [-0.2, 0) is 4.79 Å². The standard InChI is InChI=1S/C15H15NO2/c17-12-9-10-5-6-16-7-8-18-13-4-2-1-3-11(13)14(12)15(10)16/h1-4,10H,5-9H2/t10-/m0/s1. The first kappa shape index (κ1) is 10.2. The van der Waals surface area contributed by atoms with Gasteiger partial charge in [0.2, 0.25) is 0 Å². The van der Waals surface area contributed by atoms with Gasteiger partial charge in [0.15, 0.2) is 5.78 Å². The quantitative estimate of drug-likeness (QED) is 0.696. The van der Waals surface area contributed by atoms with E-state index in [1.54, 1.807) is 0 Å². The molecule has 0 spiro atoms. The molecule has 18 heavy (non-hydrogen) atoms. The summed E-state index contributed by atoms with van der Waals surface area (Å²) >= 11 is 0. The minimum atomic E-state index is 0.289. The molecule has 0 saturated carbocycles. The van der Waals surface area contributed by atoms with Gasteiger partial charge in [0.25, 0.3) is 0 Å². The number of nitrogens with zero attached hydrogens (tertiary/aromatic N) is 1. The van der Waals surface area contributed by atoms with Crippen molar-refractivity contribution >= 4 is 11.4 Å². The molecule has 3 aliphatic rings. The highest BCUT2D eigenvalue weighted by Crippen LogP contribution is 2.46. The van der Waals surface area contributed by atoms with E-state index < -0.39 is 0 Å². The zero-order valence-electron chi connectivity index (χ0n) is 10.2. The normalized spacial score (nSPS) is 25.4. The summed E-state index contributed by atoms with van der Waals surface area (Å²) in [5, 5.41) is 0. The van der Waals surface area contributed by atoms with Gasteiger partial charge in [-0.2, -0.15) is 0 Å². The minimum Gasteiger partial charge on any atom is -0.491 e. The highest BCUT2D eigenvalue weighted by Gasteiger charge is 2.41. The summed E-state index contributed by atoms with van der Waals surface area (Å²) in [7, 11) is 0. The molecule has 0 unspecified atom stereocenters. The largest absolute Gasteiger partial charge is 0.491 e. The SMILES string of the molecule is O=C1C[C@@H]2CCN3CCOc4ccccc4C1=C23. The third-order valence-corrected chi connectivity index (χ3v) is 4.22. The van der Waals surface area contributed by atoms with Gasteiger partial charge in [-0.25, -0.2) is 0 Å². The average Bonchev–Trinajstić information content (AvgIpc) is 2.85. The molecule has 3 heteroatoms. The van der Waals surface area contributed by atoms with Crippen LogP contribution >= 0.6 is 0 Å². The molecule has 1 aromatic carbocycles. The van der Waals surface area contributed by atoms with E-state index in [0.29, 0.717) is 18.9 Å². The van der Waals surface area contributed by atoms with Gasteiger partial charge in [0.1, 0.15) is 12.4 Å². The summed E-state index contributed by atoms with van der Waals surface area (Å²) < 4.78 is 5.81. The Balaban J connectivity index is 1.97. The molecule has 92 valence electrons. The summed E-state index contributed by atoms with van der Waals surface area (Å²) in [4.78, 5) is 14.6. The first-order chi connectivity index (χ1) is 8.84. The van der Waals surface area contributed by atoms with Crippen LogP contribution in [0.4, 0.5) is 0 Å². The predicted molar refractivity (Wildman–Crippen MR) is 68.2 cm³/mol. The molecular weight excluding hydrogens is 226 g/mol. The molecule has 4 rings (SSSR count). The van der Waals surface area contributed by atoms with E-state index in [4.69, 9.17) is 4.74 Å². The number of fused-ring (bicyclic) bond motifs is 2. The fourth-order valence-electron chi connectivity index (χ4n) is 3.44. The molecule has 1 fully saturated rings. The topological polar surface area (TPSA) is 29.5 Å².